The van der Waals surface area contributed by atoms with Gasteiger partial charge in [0.25, 0.3) is 11.5 Å². The van der Waals surface area contributed by atoms with Gasteiger partial charge in [0.05, 0.1) is 6.04 Å². The van der Waals surface area contributed by atoms with E-state index in [-0.39, 0.29) is 24.1 Å². The van der Waals surface area contributed by atoms with E-state index < -0.39 is 17.2 Å². The maximum atomic E-state index is 12.9. The van der Waals surface area contributed by atoms with Crippen molar-refractivity contribution >= 4 is 5.91 Å². The van der Waals surface area contributed by atoms with Gasteiger partial charge in [-0.05, 0) is 37.6 Å². The summed E-state index contributed by atoms with van der Waals surface area (Å²) in [6.07, 6.45) is 1.58. The van der Waals surface area contributed by atoms with Crippen LogP contribution in [0.3, 0.4) is 0 Å². The Kier molecular flexibility index (Phi) is 4.80. The Morgan fingerprint density at radius 2 is 2.12 bits per heavy atom. The topological polar surface area (TPSA) is 96.2 Å². The fourth-order valence-electron chi connectivity index (χ4n) is 2.93. The summed E-state index contributed by atoms with van der Waals surface area (Å²) in [5.41, 5.74) is -0.214. The number of halogens is 1. The summed E-state index contributed by atoms with van der Waals surface area (Å²) in [7, 11) is 1.76. The molecule has 1 atom stereocenters. The number of carbonyl (C=O) groups excluding carboxylic acids is 1. The van der Waals surface area contributed by atoms with E-state index in [9.17, 15) is 19.1 Å². The highest BCUT2D eigenvalue weighted by atomic mass is 19.1. The highest BCUT2D eigenvalue weighted by molar-refractivity contribution is 5.94. The number of aromatic hydroxyl groups is 1. The lowest BCUT2D eigenvalue weighted by Crippen LogP contribution is -2.37. The first kappa shape index (κ1) is 17.1. The van der Waals surface area contributed by atoms with Crippen LogP contribution in [-0.2, 0) is 13.1 Å². The second kappa shape index (κ2) is 7.02. The standard InChI is InChI=1S/C17H19FN4O3/c1-19-12-3-2-8-22-15(12)21-13(14(23)17(22)25)16(24)20-9-10-4-6-11(18)7-5-10/h4-7,12,19,23H,2-3,8-9H2,1H3,(H,20,24)/t12-/m0/s1. The molecule has 0 saturated carbocycles. The van der Waals surface area contributed by atoms with Gasteiger partial charge in [0.1, 0.15) is 11.6 Å². The monoisotopic (exact) mass is 346 g/mol. The zero-order valence-corrected chi connectivity index (χ0v) is 13.8. The summed E-state index contributed by atoms with van der Waals surface area (Å²) in [4.78, 5) is 28.9. The van der Waals surface area contributed by atoms with Crippen molar-refractivity contribution in [2.75, 3.05) is 7.05 Å². The van der Waals surface area contributed by atoms with Crippen molar-refractivity contribution in [3.05, 3.63) is 57.5 Å². The predicted molar refractivity (Wildman–Crippen MR) is 88.8 cm³/mol. The first-order valence-electron chi connectivity index (χ1n) is 8.05. The van der Waals surface area contributed by atoms with E-state index >= 15 is 0 Å². The van der Waals surface area contributed by atoms with Crippen LogP contribution < -0.4 is 16.2 Å². The molecule has 0 bridgehead atoms. The van der Waals surface area contributed by atoms with Gasteiger partial charge in [-0.1, -0.05) is 12.1 Å². The average Bonchev–Trinajstić information content (AvgIpc) is 2.63. The lowest BCUT2D eigenvalue weighted by Gasteiger charge is -2.26. The Balaban J connectivity index is 1.86. The van der Waals surface area contributed by atoms with Crippen LogP contribution in [0.5, 0.6) is 5.75 Å². The van der Waals surface area contributed by atoms with E-state index in [0.717, 1.165) is 12.8 Å². The molecule has 1 amide bonds. The molecule has 0 spiro atoms. The summed E-state index contributed by atoms with van der Waals surface area (Å²) in [5.74, 6) is -1.22. The number of aromatic nitrogens is 2. The molecule has 3 rings (SSSR count). The van der Waals surface area contributed by atoms with E-state index in [1.807, 2.05) is 0 Å². The minimum atomic E-state index is -0.655. The number of carbonyl (C=O) groups is 1. The number of fused-ring (bicyclic) bond motifs is 1. The maximum Gasteiger partial charge on any atom is 0.296 e. The molecule has 0 radical (unpaired) electrons. The van der Waals surface area contributed by atoms with Gasteiger partial charge in [-0.25, -0.2) is 9.37 Å². The van der Waals surface area contributed by atoms with Crippen LogP contribution in [0.2, 0.25) is 0 Å². The zero-order chi connectivity index (χ0) is 18.0. The molecule has 0 saturated heterocycles. The lowest BCUT2D eigenvalue weighted by atomic mass is 10.1. The SMILES string of the molecule is CN[C@H]1CCCn2c1nc(C(=O)NCc1ccc(F)cc1)c(O)c2=O. The summed E-state index contributed by atoms with van der Waals surface area (Å²) in [6.45, 7) is 0.596. The minimum Gasteiger partial charge on any atom is -0.501 e. The van der Waals surface area contributed by atoms with Crippen LogP contribution in [0.25, 0.3) is 0 Å². The molecule has 1 aliphatic rings. The van der Waals surface area contributed by atoms with E-state index in [0.29, 0.717) is 17.9 Å². The molecular formula is C17H19FN4O3. The normalized spacial score (nSPS) is 16.3. The van der Waals surface area contributed by atoms with Crippen molar-refractivity contribution < 1.29 is 14.3 Å². The molecule has 1 aromatic heterocycles. The molecule has 7 nitrogen and oxygen atoms in total. The smallest absolute Gasteiger partial charge is 0.296 e. The predicted octanol–water partition coefficient (Wildman–Crippen LogP) is 1.07. The van der Waals surface area contributed by atoms with Gasteiger partial charge in [-0.15, -0.1) is 0 Å². The van der Waals surface area contributed by atoms with Gasteiger partial charge < -0.3 is 15.7 Å². The van der Waals surface area contributed by atoms with E-state index in [1.54, 1.807) is 19.2 Å². The highest BCUT2D eigenvalue weighted by Crippen LogP contribution is 2.23. The fourth-order valence-corrected chi connectivity index (χ4v) is 2.93. The third kappa shape index (κ3) is 3.39. The summed E-state index contributed by atoms with van der Waals surface area (Å²) < 4.78 is 14.3. The summed E-state index contributed by atoms with van der Waals surface area (Å²) in [5, 5.41) is 15.7. The molecule has 2 heterocycles. The highest BCUT2D eigenvalue weighted by Gasteiger charge is 2.27. The van der Waals surface area contributed by atoms with Crippen molar-refractivity contribution in [1.29, 1.82) is 0 Å². The van der Waals surface area contributed by atoms with E-state index in [1.165, 1.54) is 16.7 Å². The molecule has 0 aliphatic carbocycles. The Bertz CT molecular complexity index is 848. The molecule has 8 heteroatoms. The third-order valence-electron chi connectivity index (χ3n) is 4.29. The van der Waals surface area contributed by atoms with Crippen LogP contribution >= 0.6 is 0 Å². The van der Waals surface area contributed by atoms with Crippen molar-refractivity contribution in [1.82, 2.24) is 20.2 Å². The Morgan fingerprint density at radius 3 is 2.80 bits per heavy atom. The quantitative estimate of drug-likeness (QED) is 0.770. The third-order valence-corrected chi connectivity index (χ3v) is 4.29. The number of amides is 1. The molecule has 0 unspecified atom stereocenters. The maximum absolute atomic E-state index is 12.9. The van der Waals surface area contributed by atoms with Crippen molar-refractivity contribution in [3.63, 3.8) is 0 Å². The molecule has 25 heavy (non-hydrogen) atoms. The van der Waals surface area contributed by atoms with E-state index in [2.05, 4.69) is 15.6 Å². The lowest BCUT2D eigenvalue weighted by molar-refractivity contribution is 0.0941. The molecule has 2 aromatic rings. The van der Waals surface area contributed by atoms with E-state index in [4.69, 9.17) is 0 Å². The number of nitrogens with zero attached hydrogens (tertiary/aromatic N) is 2. The number of nitrogens with one attached hydrogen (secondary N) is 2. The Hall–Kier alpha value is -2.74. The number of rotatable bonds is 4. The zero-order valence-electron chi connectivity index (χ0n) is 13.8. The Labute approximate surface area is 143 Å². The molecule has 3 N–H and O–H groups in total. The largest absolute Gasteiger partial charge is 0.501 e. The first-order valence-corrected chi connectivity index (χ1v) is 8.05. The summed E-state index contributed by atoms with van der Waals surface area (Å²) in [6, 6.07) is 5.52. The molecule has 1 aliphatic heterocycles. The van der Waals surface area contributed by atoms with Crippen LogP contribution in [0.4, 0.5) is 4.39 Å². The first-order chi connectivity index (χ1) is 12.0. The second-order valence-electron chi connectivity index (χ2n) is 5.92. The van der Waals surface area contributed by atoms with Crippen molar-refractivity contribution in [3.8, 4) is 5.75 Å². The van der Waals surface area contributed by atoms with Gasteiger partial charge in [-0.3, -0.25) is 14.2 Å². The number of hydrogen-bond acceptors (Lipinski definition) is 5. The molecule has 1 aromatic carbocycles. The van der Waals surface area contributed by atoms with Crippen LogP contribution in [0.1, 0.15) is 40.8 Å². The van der Waals surface area contributed by atoms with Gasteiger partial charge in [-0.2, -0.15) is 0 Å². The van der Waals surface area contributed by atoms with Gasteiger partial charge in [0.2, 0.25) is 5.75 Å². The molecule has 0 fully saturated rings. The molecular weight excluding hydrogens is 327 g/mol. The Morgan fingerprint density at radius 1 is 1.40 bits per heavy atom. The number of hydrogen-bond donors (Lipinski definition) is 3. The van der Waals surface area contributed by atoms with Crippen molar-refractivity contribution in [2.45, 2.75) is 32.0 Å². The summed E-state index contributed by atoms with van der Waals surface area (Å²) >= 11 is 0. The molecule has 132 valence electrons. The minimum absolute atomic E-state index is 0.133. The van der Waals surface area contributed by atoms with Gasteiger partial charge in [0, 0.05) is 13.1 Å². The van der Waals surface area contributed by atoms with Crippen LogP contribution in [0, 0.1) is 5.82 Å². The van der Waals surface area contributed by atoms with Gasteiger partial charge in [0.15, 0.2) is 5.69 Å². The fraction of sp³-hybridized carbons (Fsp3) is 0.353. The van der Waals surface area contributed by atoms with Crippen molar-refractivity contribution in [2.24, 2.45) is 0 Å². The number of benzene rings is 1. The second-order valence-corrected chi connectivity index (χ2v) is 5.92. The van der Waals surface area contributed by atoms with Gasteiger partial charge >= 0.3 is 0 Å². The van der Waals surface area contributed by atoms with Crippen LogP contribution in [-0.4, -0.2) is 27.6 Å². The average molecular weight is 346 g/mol. The van der Waals surface area contributed by atoms with Crippen LogP contribution in [0.15, 0.2) is 29.1 Å².